The molecule has 23 heavy (non-hydrogen) atoms. The summed E-state index contributed by atoms with van der Waals surface area (Å²) in [4.78, 5) is 13.2. The highest BCUT2D eigenvalue weighted by Crippen LogP contribution is 2.29. The van der Waals surface area contributed by atoms with Crippen LogP contribution < -0.4 is 0 Å². The van der Waals surface area contributed by atoms with Crippen molar-refractivity contribution < 1.29 is 4.79 Å². The number of carbonyl (C=O) groups excluding carboxylic acids is 1. The lowest BCUT2D eigenvalue weighted by atomic mass is 9.87. The minimum atomic E-state index is 0.0987. The van der Waals surface area contributed by atoms with Gasteiger partial charge in [-0.3, -0.25) is 4.79 Å². The Hall–Kier alpha value is -1.80. The predicted molar refractivity (Wildman–Crippen MR) is 99.4 cm³/mol. The molecule has 1 aliphatic rings. The van der Waals surface area contributed by atoms with Crippen LogP contribution in [0.3, 0.4) is 0 Å². The molecule has 0 heterocycles. The van der Waals surface area contributed by atoms with Gasteiger partial charge in [-0.05, 0) is 65.8 Å². The Bertz CT molecular complexity index is 741. The fraction of sp³-hybridized carbons (Fsp3) is 0.286. The first kappa shape index (κ1) is 16.1. The number of benzene rings is 2. The summed E-state index contributed by atoms with van der Waals surface area (Å²) in [5.74, 6) is 0.0987. The van der Waals surface area contributed by atoms with Gasteiger partial charge in [0.15, 0.2) is 5.78 Å². The molecule has 1 aliphatic carbocycles. The number of hydrogen-bond donors (Lipinski definition) is 1. The summed E-state index contributed by atoms with van der Waals surface area (Å²) >= 11 is 4.39. The van der Waals surface area contributed by atoms with E-state index in [-0.39, 0.29) is 5.78 Å². The Morgan fingerprint density at radius 2 is 1.83 bits per heavy atom. The van der Waals surface area contributed by atoms with Gasteiger partial charge >= 0.3 is 0 Å². The second-order valence-corrected chi connectivity index (χ2v) is 6.72. The van der Waals surface area contributed by atoms with Gasteiger partial charge in [0.1, 0.15) is 0 Å². The Labute approximate surface area is 143 Å². The van der Waals surface area contributed by atoms with Crippen molar-refractivity contribution >= 4 is 24.0 Å². The molecular formula is C21H22OS. The van der Waals surface area contributed by atoms with Crippen molar-refractivity contribution in [1.82, 2.24) is 0 Å². The third-order valence-electron chi connectivity index (χ3n) is 4.43. The molecule has 0 spiro atoms. The van der Waals surface area contributed by atoms with Crippen molar-refractivity contribution in [2.45, 2.75) is 43.9 Å². The van der Waals surface area contributed by atoms with E-state index in [0.717, 1.165) is 40.0 Å². The molecule has 118 valence electrons. The number of carbonyl (C=O) groups is 1. The average molecular weight is 322 g/mol. The molecule has 0 amide bonds. The first-order valence-electron chi connectivity index (χ1n) is 8.33. The summed E-state index contributed by atoms with van der Waals surface area (Å²) < 4.78 is 0. The van der Waals surface area contributed by atoms with Gasteiger partial charge < -0.3 is 0 Å². The van der Waals surface area contributed by atoms with E-state index in [9.17, 15) is 4.79 Å². The summed E-state index contributed by atoms with van der Waals surface area (Å²) in [7, 11) is 0. The first-order chi connectivity index (χ1) is 11.2. The highest BCUT2D eigenvalue weighted by Gasteiger charge is 2.18. The van der Waals surface area contributed by atoms with Crippen LogP contribution in [0.1, 0.15) is 53.2 Å². The van der Waals surface area contributed by atoms with E-state index >= 15 is 0 Å². The predicted octanol–water partition coefficient (Wildman–Crippen LogP) is 5.53. The van der Waals surface area contributed by atoms with E-state index in [1.807, 2.05) is 18.2 Å². The first-order valence-corrected chi connectivity index (χ1v) is 8.78. The Morgan fingerprint density at radius 3 is 2.57 bits per heavy atom. The number of unbranched alkanes of at least 4 members (excludes halogenated alkanes) is 2. The van der Waals surface area contributed by atoms with E-state index in [4.69, 9.17) is 0 Å². The lowest BCUT2D eigenvalue weighted by Gasteiger charge is -2.17. The lowest BCUT2D eigenvalue weighted by molar-refractivity contribution is 0.104. The highest BCUT2D eigenvalue weighted by molar-refractivity contribution is 7.80. The van der Waals surface area contributed by atoms with E-state index < -0.39 is 0 Å². The second kappa shape index (κ2) is 7.18. The monoisotopic (exact) mass is 322 g/mol. The third kappa shape index (κ3) is 3.76. The van der Waals surface area contributed by atoms with E-state index in [0.29, 0.717) is 0 Å². The summed E-state index contributed by atoms with van der Waals surface area (Å²) in [6.07, 6.45) is 7.49. The number of rotatable bonds is 5. The molecular weight excluding hydrogens is 300 g/mol. The second-order valence-electron chi connectivity index (χ2n) is 6.21. The van der Waals surface area contributed by atoms with Gasteiger partial charge in [0.2, 0.25) is 0 Å². The van der Waals surface area contributed by atoms with Crippen LogP contribution in [0.5, 0.6) is 0 Å². The molecule has 0 aromatic heterocycles. The van der Waals surface area contributed by atoms with Gasteiger partial charge in [0.25, 0.3) is 0 Å². The van der Waals surface area contributed by atoms with Crippen LogP contribution in [0, 0.1) is 0 Å². The Balaban J connectivity index is 1.78. The molecule has 1 nitrogen and oxygen atoms in total. The zero-order chi connectivity index (χ0) is 16.2. The van der Waals surface area contributed by atoms with Crippen LogP contribution in [-0.2, 0) is 12.8 Å². The van der Waals surface area contributed by atoms with E-state index in [2.05, 4.69) is 43.8 Å². The number of aryl methyl sites for hydroxylation is 1. The van der Waals surface area contributed by atoms with Gasteiger partial charge in [-0.2, -0.15) is 0 Å². The van der Waals surface area contributed by atoms with Crippen LogP contribution in [0.4, 0.5) is 0 Å². The van der Waals surface area contributed by atoms with Gasteiger partial charge in [0.05, 0.1) is 0 Å². The standard InChI is InChI=1S/C21H22OS/c1-2-3-4-5-15-6-8-16(9-7-15)17-12-18-13-19(23)10-11-20(18)21(22)14-17/h6-11,13-14,23H,2-5,12H2,1H3. The third-order valence-corrected chi connectivity index (χ3v) is 4.71. The maximum absolute atomic E-state index is 12.3. The number of fused-ring (bicyclic) bond motifs is 1. The summed E-state index contributed by atoms with van der Waals surface area (Å²) in [6, 6.07) is 14.4. The average Bonchev–Trinajstić information content (AvgIpc) is 2.55. The maximum atomic E-state index is 12.3. The van der Waals surface area contributed by atoms with E-state index in [1.54, 1.807) is 6.08 Å². The fourth-order valence-electron chi connectivity index (χ4n) is 3.11. The maximum Gasteiger partial charge on any atom is 0.186 e. The fourth-order valence-corrected chi connectivity index (χ4v) is 3.34. The van der Waals surface area contributed by atoms with Crippen LogP contribution >= 0.6 is 12.6 Å². The highest BCUT2D eigenvalue weighted by atomic mass is 32.1. The van der Waals surface area contributed by atoms with Gasteiger partial charge in [-0.1, -0.05) is 44.0 Å². The number of allylic oxidation sites excluding steroid dienone is 2. The van der Waals surface area contributed by atoms with Gasteiger partial charge in [0, 0.05) is 10.5 Å². The summed E-state index contributed by atoms with van der Waals surface area (Å²) in [5.41, 5.74) is 5.51. The molecule has 2 aromatic rings. The Kier molecular flexibility index (Phi) is 5.02. The SMILES string of the molecule is CCCCCc1ccc(C2=CC(=O)c3ccc(S)cc3C2)cc1. The van der Waals surface area contributed by atoms with Crippen LogP contribution in [0.2, 0.25) is 0 Å². The molecule has 2 heteroatoms. The largest absolute Gasteiger partial charge is 0.289 e. The molecule has 0 saturated heterocycles. The minimum absolute atomic E-state index is 0.0987. The zero-order valence-electron chi connectivity index (χ0n) is 13.5. The number of hydrogen-bond acceptors (Lipinski definition) is 2. The summed E-state index contributed by atoms with van der Waals surface area (Å²) in [5, 5.41) is 0. The molecule has 0 radical (unpaired) electrons. The lowest BCUT2D eigenvalue weighted by Crippen LogP contribution is -2.09. The molecule has 0 N–H and O–H groups in total. The minimum Gasteiger partial charge on any atom is -0.289 e. The Morgan fingerprint density at radius 1 is 1.04 bits per heavy atom. The number of ketones is 1. The molecule has 0 aliphatic heterocycles. The molecule has 0 atom stereocenters. The molecule has 0 saturated carbocycles. The van der Waals surface area contributed by atoms with Gasteiger partial charge in [-0.25, -0.2) is 0 Å². The van der Waals surface area contributed by atoms with Crippen molar-refractivity contribution in [2.75, 3.05) is 0 Å². The molecule has 0 fully saturated rings. The normalized spacial score (nSPS) is 13.7. The van der Waals surface area contributed by atoms with Crippen LogP contribution in [-0.4, -0.2) is 5.78 Å². The summed E-state index contributed by atoms with van der Waals surface area (Å²) in [6.45, 7) is 2.23. The quantitative estimate of drug-likeness (QED) is 0.566. The van der Waals surface area contributed by atoms with Crippen molar-refractivity contribution in [3.05, 3.63) is 70.8 Å². The van der Waals surface area contributed by atoms with Crippen molar-refractivity contribution in [3.63, 3.8) is 0 Å². The van der Waals surface area contributed by atoms with Crippen LogP contribution in [0.15, 0.2) is 53.4 Å². The van der Waals surface area contributed by atoms with Crippen molar-refractivity contribution in [2.24, 2.45) is 0 Å². The van der Waals surface area contributed by atoms with Gasteiger partial charge in [-0.15, -0.1) is 12.6 Å². The zero-order valence-corrected chi connectivity index (χ0v) is 14.4. The smallest absolute Gasteiger partial charge is 0.186 e. The molecule has 0 bridgehead atoms. The van der Waals surface area contributed by atoms with Crippen LogP contribution in [0.25, 0.3) is 5.57 Å². The molecule has 3 rings (SSSR count). The topological polar surface area (TPSA) is 17.1 Å². The number of thiol groups is 1. The van der Waals surface area contributed by atoms with Crippen molar-refractivity contribution in [3.8, 4) is 0 Å². The molecule has 0 unspecified atom stereocenters. The van der Waals surface area contributed by atoms with Crippen molar-refractivity contribution in [1.29, 1.82) is 0 Å². The molecule has 2 aromatic carbocycles. The van der Waals surface area contributed by atoms with E-state index in [1.165, 1.54) is 24.8 Å².